The number of rotatable bonds is 5. The molecule has 2 aromatic carbocycles. The number of ether oxygens (including phenoxy) is 2. The maximum atomic E-state index is 12.6. The number of hydrogen-bond donors (Lipinski definition) is 1. The summed E-state index contributed by atoms with van der Waals surface area (Å²) in [4.78, 5) is 29.3. The summed E-state index contributed by atoms with van der Waals surface area (Å²) in [6.07, 6.45) is -1.02. The number of anilines is 1. The predicted octanol–water partition coefficient (Wildman–Crippen LogP) is 4.39. The number of aromatic nitrogens is 1. The summed E-state index contributed by atoms with van der Waals surface area (Å²) in [6, 6.07) is 13.9. The highest BCUT2D eigenvalue weighted by Gasteiger charge is 2.22. The summed E-state index contributed by atoms with van der Waals surface area (Å²) < 4.78 is 10.6. The molecule has 0 spiro atoms. The lowest BCUT2D eigenvalue weighted by atomic mass is 10.1. The van der Waals surface area contributed by atoms with E-state index in [-0.39, 0.29) is 10.7 Å². The van der Waals surface area contributed by atoms with E-state index in [2.05, 4.69) is 10.3 Å². The van der Waals surface area contributed by atoms with E-state index in [0.717, 1.165) is 5.56 Å². The minimum Gasteiger partial charge on any atom is -0.495 e. The van der Waals surface area contributed by atoms with Gasteiger partial charge in [0.2, 0.25) is 0 Å². The summed E-state index contributed by atoms with van der Waals surface area (Å²) in [6.45, 7) is 3.40. The smallest absolute Gasteiger partial charge is 0.339 e. The van der Waals surface area contributed by atoms with Crippen molar-refractivity contribution in [1.29, 1.82) is 0 Å². The van der Waals surface area contributed by atoms with Crippen molar-refractivity contribution < 1.29 is 19.1 Å². The second-order valence-corrected chi connectivity index (χ2v) is 6.64. The largest absolute Gasteiger partial charge is 0.495 e. The molecule has 144 valence electrons. The lowest BCUT2D eigenvalue weighted by Crippen LogP contribution is -2.30. The summed E-state index contributed by atoms with van der Waals surface area (Å²) in [5.74, 6) is -0.606. The Balaban J connectivity index is 1.78. The molecule has 0 aliphatic carbocycles. The average Bonchev–Trinajstić information content (AvgIpc) is 2.67. The highest BCUT2D eigenvalue weighted by Crippen LogP contribution is 2.26. The minimum absolute atomic E-state index is 0.173. The third-order valence-electron chi connectivity index (χ3n) is 4.17. The zero-order chi connectivity index (χ0) is 20.3. The first-order valence-electron chi connectivity index (χ1n) is 8.61. The molecule has 0 fully saturated rings. The fourth-order valence-electron chi connectivity index (χ4n) is 2.74. The summed E-state index contributed by atoms with van der Waals surface area (Å²) in [5, 5.41) is 3.50. The van der Waals surface area contributed by atoms with Gasteiger partial charge in [-0.15, -0.1) is 0 Å². The molecule has 1 N–H and O–H groups in total. The van der Waals surface area contributed by atoms with Crippen LogP contribution in [0, 0.1) is 6.92 Å². The van der Waals surface area contributed by atoms with Crippen molar-refractivity contribution in [2.45, 2.75) is 20.0 Å². The van der Waals surface area contributed by atoms with Crippen LogP contribution in [-0.2, 0) is 9.53 Å². The molecule has 1 atom stereocenters. The number of fused-ring (bicyclic) bond motifs is 1. The van der Waals surface area contributed by atoms with Gasteiger partial charge in [-0.05, 0) is 43.7 Å². The molecule has 3 aromatic rings. The molecule has 0 unspecified atom stereocenters. The van der Waals surface area contributed by atoms with Crippen LogP contribution in [0.1, 0.15) is 22.8 Å². The van der Waals surface area contributed by atoms with Crippen LogP contribution in [-0.4, -0.2) is 30.1 Å². The van der Waals surface area contributed by atoms with E-state index >= 15 is 0 Å². The number of benzene rings is 2. The first kappa shape index (κ1) is 19.6. The van der Waals surface area contributed by atoms with Crippen LogP contribution < -0.4 is 10.1 Å². The maximum absolute atomic E-state index is 12.6. The highest BCUT2D eigenvalue weighted by molar-refractivity contribution is 6.30. The predicted molar refractivity (Wildman–Crippen MR) is 108 cm³/mol. The van der Waals surface area contributed by atoms with Crippen molar-refractivity contribution >= 4 is 40.1 Å². The third kappa shape index (κ3) is 4.23. The number of nitrogens with zero attached hydrogens (tertiary/aromatic N) is 1. The third-order valence-corrected chi connectivity index (χ3v) is 4.36. The van der Waals surface area contributed by atoms with E-state index in [1.54, 1.807) is 36.4 Å². The molecule has 28 heavy (non-hydrogen) atoms. The Morgan fingerprint density at radius 1 is 1.14 bits per heavy atom. The molecule has 0 aliphatic rings. The number of nitrogens with one attached hydrogen (secondary N) is 1. The molecular formula is C21H19ClN2O4. The Morgan fingerprint density at radius 3 is 2.64 bits per heavy atom. The number of halogens is 1. The second-order valence-electron chi connectivity index (χ2n) is 6.25. The molecule has 0 saturated heterocycles. The second kappa shape index (κ2) is 8.27. The molecule has 0 saturated carbocycles. The van der Waals surface area contributed by atoms with E-state index in [4.69, 9.17) is 21.1 Å². The number of aryl methyl sites for hydroxylation is 1. The fourth-order valence-corrected chi connectivity index (χ4v) is 2.94. The van der Waals surface area contributed by atoms with Crippen LogP contribution in [0.4, 0.5) is 5.69 Å². The highest BCUT2D eigenvalue weighted by atomic mass is 35.5. The van der Waals surface area contributed by atoms with Gasteiger partial charge < -0.3 is 14.8 Å². The number of amides is 1. The summed E-state index contributed by atoms with van der Waals surface area (Å²) >= 11 is 6.01. The molecule has 3 rings (SSSR count). The number of carbonyl (C=O) groups is 2. The molecular weight excluding hydrogens is 380 g/mol. The SMILES string of the molecule is COc1ccc(C)cc1NC(=O)[C@@H](C)OC(=O)c1cc(Cl)nc2ccccc12. The van der Waals surface area contributed by atoms with Crippen LogP contribution >= 0.6 is 11.6 Å². The number of hydrogen-bond acceptors (Lipinski definition) is 5. The van der Waals surface area contributed by atoms with Gasteiger partial charge in [0, 0.05) is 5.39 Å². The van der Waals surface area contributed by atoms with E-state index in [0.29, 0.717) is 22.3 Å². The lowest BCUT2D eigenvalue weighted by Gasteiger charge is -2.16. The maximum Gasteiger partial charge on any atom is 0.339 e. The first-order valence-corrected chi connectivity index (χ1v) is 8.98. The zero-order valence-electron chi connectivity index (χ0n) is 15.7. The molecule has 1 heterocycles. The van der Waals surface area contributed by atoms with Crippen molar-refractivity contribution in [2.24, 2.45) is 0 Å². The van der Waals surface area contributed by atoms with Crippen LogP contribution in [0.5, 0.6) is 5.75 Å². The Morgan fingerprint density at radius 2 is 1.89 bits per heavy atom. The van der Waals surface area contributed by atoms with Crippen LogP contribution in [0.3, 0.4) is 0 Å². The van der Waals surface area contributed by atoms with Gasteiger partial charge in [-0.1, -0.05) is 35.9 Å². The van der Waals surface area contributed by atoms with Crippen LogP contribution in [0.2, 0.25) is 5.15 Å². The quantitative estimate of drug-likeness (QED) is 0.509. The van der Waals surface area contributed by atoms with Gasteiger partial charge in [-0.25, -0.2) is 9.78 Å². The normalized spacial score (nSPS) is 11.7. The van der Waals surface area contributed by atoms with Crippen LogP contribution in [0.15, 0.2) is 48.5 Å². The van der Waals surface area contributed by atoms with Gasteiger partial charge in [0.25, 0.3) is 5.91 Å². The van der Waals surface area contributed by atoms with Gasteiger partial charge >= 0.3 is 5.97 Å². The molecule has 6 nitrogen and oxygen atoms in total. The lowest BCUT2D eigenvalue weighted by molar-refractivity contribution is -0.123. The summed E-state index contributed by atoms with van der Waals surface area (Å²) in [7, 11) is 1.52. The Labute approximate surface area is 167 Å². The topological polar surface area (TPSA) is 77.5 Å². The number of carbonyl (C=O) groups excluding carboxylic acids is 2. The molecule has 0 aliphatic heterocycles. The van der Waals surface area contributed by atoms with Gasteiger partial charge in [-0.3, -0.25) is 4.79 Å². The monoisotopic (exact) mass is 398 g/mol. The standard InChI is InChI=1S/C21H19ClN2O4/c1-12-8-9-18(27-3)17(10-12)24-20(25)13(2)28-21(26)15-11-19(22)23-16-7-5-4-6-14(15)16/h4-11,13H,1-3H3,(H,24,25)/t13-/m1/s1. The van der Waals surface area contributed by atoms with Crippen molar-refractivity contribution in [3.63, 3.8) is 0 Å². The van der Waals surface area contributed by atoms with Crippen LogP contribution in [0.25, 0.3) is 10.9 Å². The average molecular weight is 399 g/mol. The molecule has 1 aromatic heterocycles. The number of esters is 1. The Bertz CT molecular complexity index is 1050. The first-order chi connectivity index (χ1) is 13.4. The molecule has 0 bridgehead atoms. The number of methoxy groups -OCH3 is 1. The Kier molecular flexibility index (Phi) is 5.80. The van der Waals surface area contributed by atoms with E-state index in [1.165, 1.54) is 20.1 Å². The van der Waals surface area contributed by atoms with E-state index in [9.17, 15) is 9.59 Å². The van der Waals surface area contributed by atoms with E-state index in [1.807, 2.05) is 13.0 Å². The van der Waals surface area contributed by atoms with Crippen molar-refractivity contribution in [2.75, 3.05) is 12.4 Å². The Hall–Kier alpha value is -3.12. The van der Waals surface area contributed by atoms with E-state index < -0.39 is 18.0 Å². The minimum atomic E-state index is -1.02. The van der Waals surface area contributed by atoms with Gasteiger partial charge in [0.15, 0.2) is 6.10 Å². The summed E-state index contributed by atoms with van der Waals surface area (Å²) in [5.41, 5.74) is 2.29. The van der Waals surface area contributed by atoms with Crippen molar-refractivity contribution in [3.05, 3.63) is 64.8 Å². The van der Waals surface area contributed by atoms with Gasteiger partial charge in [0.05, 0.1) is 23.9 Å². The van der Waals surface area contributed by atoms with Crippen molar-refractivity contribution in [1.82, 2.24) is 4.98 Å². The van der Waals surface area contributed by atoms with Gasteiger partial charge in [-0.2, -0.15) is 0 Å². The molecule has 7 heteroatoms. The zero-order valence-corrected chi connectivity index (χ0v) is 16.4. The van der Waals surface area contributed by atoms with Crippen molar-refractivity contribution in [3.8, 4) is 5.75 Å². The number of para-hydroxylation sites is 1. The fraction of sp³-hybridized carbons (Fsp3) is 0.190. The molecule has 0 radical (unpaired) electrons. The molecule has 1 amide bonds. The number of pyridine rings is 1. The van der Waals surface area contributed by atoms with Gasteiger partial charge in [0.1, 0.15) is 10.9 Å².